The summed E-state index contributed by atoms with van der Waals surface area (Å²) in [5, 5.41) is 0. The monoisotopic (exact) mass is 316 g/mol. The van der Waals surface area contributed by atoms with E-state index in [1.165, 1.54) is 23.1 Å². The number of hydrogen-bond donors (Lipinski definition) is 2. The van der Waals surface area contributed by atoms with Crippen LogP contribution in [-0.2, 0) is 6.42 Å². The summed E-state index contributed by atoms with van der Waals surface area (Å²) >= 11 is 1.57. The van der Waals surface area contributed by atoms with Gasteiger partial charge in [-0.25, -0.2) is 5.43 Å². The van der Waals surface area contributed by atoms with Crippen molar-refractivity contribution >= 4 is 11.3 Å². The maximum atomic E-state index is 12.3. The van der Waals surface area contributed by atoms with Gasteiger partial charge in [-0.3, -0.25) is 5.84 Å². The first kappa shape index (κ1) is 15.8. The fraction of sp³-hybridized carbons (Fsp3) is 0.286. The summed E-state index contributed by atoms with van der Waals surface area (Å²) in [6.45, 7) is 2.04. The first-order valence-corrected chi connectivity index (χ1v) is 7.15. The lowest BCUT2D eigenvalue weighted by atomic mass is 10.1. The first-order valence-electron chi connectivity index (χ1n) is 6.33. The molecule has 0 radical (unpaired) electrons. The molecule has 0 bridgehead atoms. The molecule has 21 heavy (non-hydrogen) atoms. The van der Waals surface area contributed by atoms with Crippen LogP contribution in [0, 0.1) is 0 Å². The number of hydrazine groups is 1. The Hall–Kier alpha value is -1.57. The van der Waals surface area contributed by atoms with Crippen LogP contribution in [0.25, 0.3) is 0 Å². The molecule has 3 N–H and O–H groups in total. The molecular formula is C14H15F3N2OS. The zero-order chi connectivity index (χ0) is 15.5. The Bertz CT molecular complexity index is 598. The largest absolute Gasteiger partial charge is 0.573 e. The number of nitrogens with two attached hydrogens (primary N) is 1. The molecule has 0 saturated carbocycles. The summed E-state index contributed by atoms with van der Waals surface area (Å²) in [6, 6.07) is 9.35. The fourth-order valence-corrected chi connectivity index (χ4v) is 3.01. The van der Waals surface area contributed by atoms with Crippen molar-refractivity contribution < 1.29 is 17.9 Å². The fourth-order valence-electron chi connectivity index (χ4n) is 1.97. The molecule has 0 saturated heterocycles. The normalized spacial score (nSPS) is 13.2. The molecule has 2 rings (SSSR count). The Labute approximate surface area is 124 Å². The van der Waals surface area contributed by atoms with Crippen LogP contribution in [-0.4, -0.2) is 6.36 Å². The maximum Gasteiger partial charge on any atom is 0.573 e. The Morgan fingerprint density at radius 2 is 2.05 bits per heavy atom. The van der Waals surface area contributed by atoms with Gasteiger partial charge in [-0.05, 0) is 36.2 Å². The SMILES string of the molecule is CCc1ccc(C(NN)c2cccc(OC(F)(F)F)c2)s1. The molecule has 7 heteroatoms. The molecule has 0 aliphatic heterocycles. The average Bonchev–Trinajstić information content (AvgIpc) is 2.87. The Balaban J connectivity index is 2.27. The minimum Gasteiger partial charge on any atom is -0.406 e. The lowest BCUT2D eigenvalue weighted by Crippen LogP contribution is -2.28. The summed E-state index contributed by atoms with van der Waals surface area (Å²) in [4.78, 5) is 2.13. The van der Waals surface area contributed by atoms with Crippen molar-refractivity contribution in [1.82, 2.24) is 5.43 Å². The highest BCUT2D eigenvalue weighted by atomic mass is 32.1. The third-order valence-electron chi connectivity index (χ3n) is 2.91. The van der Waals surface area contributed by atoms with E-state index in [0.717, 1.165) is 11.3 Å². The summed E-state index contributed by atoms with van der Waals surface area (Å²) in [5.74, 6) is 5.30. The van der Waals surface area contributed by atoms with E-state index < -0.39 is 6.36 Å². The van der Waals surface area contributed by atoms with Crippen LogP contribution in [0.1, 0.15) is 28.3 Å². The van der Waals surface area contributed by atoms with Gasteiger partial charge in [-0.15, -0.1) is 24.5 Å². The summed E-state index contributed by atoms with van der Waals surface area (Å²) in [7, 11) is 0. The van der Waals surface area contributed by atoms with E-state index in [9.17, 15) is 13.2 Å². The van der Waals surface area contributed by atoms with Gasteiger partial charge in [0.1, 0.15) is 5.75 Å². The Morgan fingerprint density at radius 3 is 2.62 bits per heavy atom. The molecule has 2 aromatic rings. The van der Waals surface area contributed by atoms with Gasteiger partial charge < -0.3 is 4.74 Å². The predicted molar refractivity (Wildman–Crippen MR) is 76.0 cm³/mol. The average molecular weight is 316 g/mol. The number of alkyl halides is 3. The number of ether oxygens (including phenoxy) is 1. The molecule has 1 unspecified atom stereocenters. The van der Waals surface area contributed by atoms with Crippen LogP contribution in [0.5, 0.6) is 5.75 Å². The van der Waals surface area contributed by atoms with Crippen LogP contribution in [0.15, 0.2) is 36.4 Å². The molecule has 0 amide bonds. The second kappa shape index (κ2) is 6.46. The first-order chi connectivity index (χ1) is 9.93. The Morgan fingerprint density at radius 1 is 1.29 bits per heavy atom. The van der Waals surface area contributed by atoms with Gasteiger partial charge in [0, 0.05) is 9.75 Å². The van der Waals surface area contributed by atoms with E-state index in [2.05, 4.69) is 10.2 Å². The van der Waals surface area contributed by atoms with E-state index in [4.69, 9.17) is 5.84 Å². The highest BCUT2D eigenvalue weighted by molar-refractivity contribution is 7.12. The number of hydrogen-bond acceptors (Lipinski definition) is 4. The third-order valence-corrected chi connectivity index (χ3v) is 4.20. The number of aryl methyl sites for hydroxylation is 1. The summed E-state index contributed by atoms with van der Waals surface area (Å²) < 4.78 is 40.7. The van der Waals surface area contributed by atoms with Gasteiger partial charge in [0.05, 0.1) is 6.04 Å². The van der Waals surface area contributed by atoms with Gasteiger partial charge in [0.2, 0.25) is 0 Å². The number of rotatable bonds is 5. The molecule has 114 valence electrons. The molecule has 0 spiro atoms. The quantitative estimate of drug-likeness (QED) is 0.652. The molecule has 1 heterocycles. The van der Waals surface area contributed by atoms with Gasteiger partial charge in [-0.1, -0.05) is 19.1 Å². The van der Waals surface area contributed by atoms with E-state index in [1.54, 1.807) is 17.4 Å². The highest BCUT2D eigenvalue weighted by Crippen LogP contribution is 2.31. The number of nitrogens with one attached hydrogen (secondary N) is 1. The number of benzene rings is 1. The molecule has 0 aliphatic rings. The van der Waals surface area contributed by atoms with Gasteiger partial charge in [-0.2, -0.15) is 0 Å². The molecule has 1 atom stereocenters. The standard InChI is InChI=1S/C14H15F3N2OS/c1-2-11-6-7-12(21-11)13(19-18)9-4-3-5-10(8-9)20-14(15,16)17/h3-8,13,19H,2,18H2,1H3. The van der Waals surface area contributed by atoms with Crippen molar-refractivity contribution in [1.29, 1.82) is 0 Å². The topological polar surface area (TPSA) is 47.3 Å². The molecule has 0 fully saturated rings. The Kier molecular flexibility index (Phi) is 4.87. The molecular weight excluding hydrogens is 301 g/mol. The summed E-state index contributed by atoms with van der Waals surface area (Å²) in [5.41, 5.74) is 3.25. The van der Waals surface area contributed by atoms with Crippen molar-refractivity contribution in [2.45, 2.75) is 25.7 Å². The second-order valence-electron chi connectivity index (χ2n) is 4.38. The van der Waals surface area contributed by atoms with Crippen LogP contribution in [0.3, 0.4) is 0 Å². The van der Waals surface area contributed by atoms with Crippen molar-refractivity contribution in [2.24, 2.45) is 5.84 Å². The zero-order valence-electron chi connectivity index (χ0n) is 11.3. The predicted octanol–water partition coefficient (Wildman–Crippen LogP) is 3.76. The van der Waals surface area contributed by atoms with E-state index in [1.807, 2.05) is 19.1 Å². The van der Waals surface area contributed by atoms with Gasteiger partial charge >= 0.3 is 6.36 Å². The molecule has 1 aromatic heterocycles. The van der Waals surface area contributed by atoms with Crippen molar-refractivity contribution in [3.63, 3.8) is 0 Å². The maximum absolute atomic E-state index is 12.3. The molecule has 1 aromatic carbocycles. The lowest BCUT2D eigenvalue weighted by molar-refractivity contribution is -0.274. The third kappa shape index (κ3) is 4.20. The lowest BCUT2D eigenvalue weighted by Gasteiger charge is -2.16. The van der Waals surface area contributed by atoms with Crippen LogP contribution in [0.2, 0.25) is 0 Å². The zero-order valence-corrected chi connectivity index (χ0v) is 12.1. The van der Waals surface area contributed by atoms with Crippen LogP contribution < -0.4 is 16.0 Å². The minimum absolute atomic E-state index is 0.257. The number of halogens is 3. The van der Waals surface area contributed by atoms with Gasteiger partial charge in [0.25, 0.3) is 0 Å². The summed E-state index contributed by atoms with van der Waals surface area (Å²) in [6.07, 6.45) is -3.80. The van der Waals surface area contributed by atoms with E-state index >= 15 is 0 Å². The highest BCUT2D eigenvalue weighted by Gasteiger charge is 2.31. The second-order valence-corrected chi connectivity index (χ2v) is 5.58. The van der Waals surface area contributed by atoms with Crippen LogP contribution in [0.4, 0.5) is 13.2 Å². The van der Waals surface area contributed by atoms with Crippen molar-refractivity contribution in [3.8, 4) is 5.75 Å². The van der Waals surface area contributed by atoms with E-state index in [-0.39, 0.29) is 11.8 Å². The van der Waals surface area contributed by atoms with Crippen molar-refractivity contribution in [3.05, 3.63) is 51.7 Å². The van der Waals surface area contributed by atoms with Crippen molar-refractivity contribution in [2.75, 3.05) is 0 Å². The minimum atomic E-state index is -4.71. The van der Waals surface area contributed by atoms with E-state index in [0.29, 0.717) is 5.56 Å². The molecule has 3 nitrogen and oxygen atoms in total. The molecule has 0 aliphatic carbocycles. The smallest absolute Gasteiger partial charge is 0.406 e. The number of thiophene rings is 1. The van der Waals surface area contributed by atoms with Crippen LogP contribution >= 0.6 is 11.3 Å². The van der Waals surface area contributed by atoms with Gasteiger partial charge in [0.15, 0.2) is 0 Å².